The van der Waals surface area contributed by atoms with Gasteiger partial charge in [0.1, 0.15) is 0 Å². The van der Waals surface area contributed by atoms with Crippen LogP contribution in [0.1, 0.15) is 40.4 Å². The minimum atomic E-state index is -4.41. The van der Waals surface area contributed by atoms with Gasteiger partial charge in [-0.1, -0.05) is 25.1 Å². The number of nitrogens with one attached hydrogen (secondary N) is 2. The number of nitrogens with zero attached hydrogens (tertiary/aromatic N) is 1. The van der Waals surface area contributed by atoms with Gasteiger partial charge in [0.15, 0.2) is 0 Å². The Hall–Kier alpha value is -3.03. The summed E-state index contributed by atoms with van der Waals surface area (Å²) in [5.41, 5.74) is 0.611. The van der Waals surface area contributed by atoms with E-state index in [9.17, 15) is 22.8 Å². The number of carbonyl (C=O) groups excluding carboxylic acids is 1. The number of H-pyrrole nitrogens is 2. The smallest absolute Gasteiger partial charge is 0.360 e. The number of amides is 1. The van der Waals surface area contributed by atoms with Crippen LogP contribution < -0.4 is 5.56 Å². The van der Waals surface area contributed by atoms with Crippen LogP contribution in [0.5, 0.6) is 0 Å². The van der Waals surface area contributed by atoms with E-state index in [0.29, 0.717) is 29.4 Å². The molecular weight excluding hydrogens is 383 g/mol. The van der Waals surface area contributed by atoms with E-state index in [4.69, 9.17) is 0 Å². The van der Waals surface area contributed by atoms with Crippen molar-refractivity contribution in [1.82, 2.24) is 14.9 Å². The lowest BCUT2D eigenvalue weighted by atomic mass is 9.81. The molecule has 2 N–H and O–H groups in total. The number of fused-ring (bicyclic) bond motifs is 1. The second-order valence-electron chi connectivity index (χ2n) is 7.87. The van der Waals surface area contributed by atoms with E-state index in [2.05, 4.69) is 9.97 Å². The first-order chi connectivity index (χ1) is 13.6. The van der Waals surface area contributed by atoms with Crippen LogP contribution in [0.3, 0.4) is 0 Å². The molecule has 1 saturated heterocycles. The fourth-order valence-corrected chi connectivity index (χ4v) is 4.07. The van der Waals surface area contributed by atoms with Crippen molar-refractivity contribution in [2.24, 2.45) is 0 Å². The molecule has 5 nitrogen and oxygen atoms in total. The highest BCUT2D eigenvalue weighted by atomic mass is 19.4. The molecule has 152 valence electrons. The van der Waals surface area contributed by atoms with Gasteiger partial charge in [0, 0.05) is 30.9 Å². The second kappa shape index (κ2) is 6.50. The minimum absolute atomic E-state index is 0.276. The maximum absolute atomic E-state index is 13.1. The van der Waals surface area contributed by atoms with E-state index in [0.717, 1.165) is 17.7 Å². The SMILES string of the molecule is Cc1c[nH]c(=O)c2c(C(=O)N3CCC(C)(c4cccc(C(F)(F)F)c4)C3)c[nH]c12. The molecule has 0 saturated carbocycles. The summed E-state index contributed by atoms with van der Waals surface area (Å²) >= 11 is 0. The van der Waals surface area contributed by atoms with Gasteiger partial charge in [0.2, 0.25) is 0 Å². The first-order valence-corrected chi connectivity index (χ1v) is 9.26. The van der Waals surface area contributed by atoms with Crippen LogP contribution in [0.15, 0.2) is 41.5 Å². The molecule has 1 aliphatic heterocycles. The highest BCUT2D eigenvalue weighted by molar-refractivity contribution is 6.07. The van der Waals surface area contributed by atoms with Gasteiger partial charge in [-0.05, 0) is 30.5 Å². The molecule has 3 aromatic rings. The number of pyridine rings is 1. The van der Waals surface area contributed by atoms with Gasteiger partial charge in [-0.15, -0.1) is 0 Å². The number of aromatic amines is 2. The maximum atomic E-state index is 13.1. The largest absolute Gasteiger partial charge is 0.416 e. The van der Waals surface area contributed by atoms with Crippen molar-refractivity contribution in [2.75, 3.05) is 13.1 Å². The third-order valence-electron chi connectivity index (χ3n) is 5.80. The summed E-state index contributed by atoms with van der Waals surface area (Å²) in [6, 6.07) is 5.28. The van der Waals surface area contributed by atoms with Gasteiger partial charge in [-0.2, -0.15) is 13.2 Å². The van der Waals surface area contributed by atoms with Crippen molar-refractivity contribution in [2.45, 2.75) is 31.9 Å². The Morgan fingerprint density at radius 3 is 2.69 bits per heavy atom. The Labute approximate surface area is 164 Å². The molecule has 0 radical (unpaired) electrons. The van der Waals surface area contributed by atoms with E-state index in [1.54, 1.807) is 17.2 Å². The van der Waals surface area contributed by atoms with Crippen molar-refractivity contribution < 1.29 is 18.0 Å². The van der Waals surface area contributed by atoms with Crippen molar-refractivity contribution in [3.63, 3.8) is 0 Å². The van der Waals surface area contributed by atoms with Crippen molar-refractivity contribution in [3.8, 4) is 0 Å². The summed E-state index contributed by atoms with van der Waals surface area (Å²) in [7, 11) is 0. The number of halogens is 3. The van der Waals surface area contributed by atoms with Crippen LogP contribution in [0, 0.1) is 6.92 Å². The van der Waals surface area contributed by atoms with Crippen LogP contribution >= 0.6 is 0 Å². The van der Waals surface area contributed by atoms with Crippen LogP contribution in [-0.2, 0) is 11.6 Å². The molecule has 1 atom stereocenters. The van der Waals surface area contributed by atoms with Gasteiger partial charge in [0.05, 0.1) is 22.0 Å². The summed E-state index contributed by atoms with van der Waals surface area (Å²) in [5, 5.41) is 0.308. The third kappa shape index (κ3) is 3.22. The zero-order valence-electron chi connectivity index (χ0n) is 16.0. The zero-order valence-corrected chi connectivity index (χ0v) is 16.0. The zero-order chi connectivity index (χ0) is 21.0. The summed E-state index contributed by atoms with van der Waals surface area (Å²) in [5.74, 6) is -0.303. The van der Waals surface area contributed by atoms with Crippen molar-refractivity contribution in [3.05, 3.63) is 69.3 Å². The Kier molecular flexibility index (Phi) is 4.33. The van der Waals surface area contributed by atoms with E-state index >= 15 is 0 Å². The molecule has 0 bridgehead atoms. The Morgan fingerprint density at radius 2 is 1.97 bits per heavy atom. The molecule has 1 fully saturated rings. The quantitative estimate of drug-likeness (QED) is 0.680. The number of aryl methyl sites for hydroxylation is 1. The third-order valence-corrected chi connectivity index (χ3v) is 5.80. The van der Waals surface area contributed by atoms with E-state index in [1.165, 1.54) is 12.3 Å². The molecule has 29 heavy (non-hydrogen) atoms. The number of hydrogen-bond donors (Lipinski definition) is 2. The summed E-state index contributed by atoms with van der Waals surface area (Å²) in [6.45, 7) is 4.37. The summed E-state index contributed by atoms with van der Waals surface area (Å²) < 4.78 is 39.3. The number of alkyl halides is 3. The summed E-state index contributed by atoms with van der Waals surface area (Å²) in [6.07, 6.45) is -0.771. The number of aromatic nitrogens is 2. The van der Waals surface area contributed by atoms with Gasteiger partial charge in [0.25, 0.3) is 11.5 Å². The average Bonchev–Trinajstić information content (AvgIpc) is 3.30. The number of hydrogen-bond acceptors (Lipinski definition) is 2. The Balaban J connectivity index is 1.65. The molecule has 1 amide bonds. The molecule has 1 aliphatic rings. The molecule has 4 rings (SSSR count). The second-order valence-corrected chi connectivity index (χ2v) is 7.87. The highest BCUT2D eigenvalue weighted by Crippen LogP contribution is 2.38. The molecular formula is C21H20F3N3O2. The van der Waals surface area contributed by atoms with Gasteiger partial charge >= 0.3 is 6.18 Å². The molecule has 2 aromatic heterocycles. The summed E-state index contributed by atoms with van der Waals surface area (Å²) in [4.78, 5) is 32.6. The number of carbonyl (C=O) groups is 1. The number of benzene rings is 1. The minimum Gasteiger partial charge on any atom is -0.360 e. The monoisotopic (exact) mass is 403 g/mol. The average molecular weight is 403 g/mol. The predicted octanol–water partition coefficient (Wildman–Crippen LogP) is 3.99. The van der Waals surface area contributed by atoms with Gasteiger partial charge < -0.3 is 14.9 Å². The fraction of sp³-hybridized carbons (Fsp3) is 0.333. The topological polar surface area (TPSA) is 69.0 Å². The van der Waals surface area contributed by atoms with Crippen LogP contribution in [0.2, 0.25) is 0 Å². The predicted molar refractivity (Wildman–Crippen MR) is 103 cm³/mol. The standard InChI is InChI=1S/C21H20F3N3O2/c1-12-9-26-18(28)16-15(10-25-17(12)16)19(29)27-7-6-20(2,11-27)13-4-3-5-14(8-13)21(22,23)24/h3-5,8-10,25H,6-7,11H2,1-2H3,(H,26,28). The Bertz CT molecular complexity index is 1160. The Morgan fingerprint density at radius 1 is 1.21 bits per heavy atom. The van der Waals surface area contributed by atoms with Crippen molar-refractivity contribution >= 4 is 16.8 Å². The van der Waals surface area contributed by atoms with Crippen molar-refractivity contribution in [1.29, 1.82) is 0 Å². The fourth-order valence-electron chi connectivity index (χ4n) is 4.07. The van der Waals surface area contributed by atoms with Gasteiger partial charge in [-0.3, -0.25) is 9.59 Å². The van der Waals surface area contributed by atoms with Crippen LogP contribution in [-0.4, -0.2) is 33.9 Å². The molecule has 8 heteroatoms. The maximum Gasteiger partial charge on any atom is 0.416 e. The van der Waals surface area contributed by atoms with E-state index in [-0.39, 0.29) is 23.6 Å². The number of likely N-dealkylation sites (tertiary alicyclic amines) is 1. The molecule has 1 unspecified atom stereocenters. The highest BCUT2D eigenvalue weighted by Gasteiger charge is 2.40. The first kappa shape index (κ1) is 19.3. The number of rotatable bonds is 2. The lowest BCUT2D eigenvalue weighted by Crippen LogP contribution is -2.33. The lowest BCUT2D eigenvalue weighted by Gasteiger charge is -2.26. The lowest BCUT2D eigenvalue weighted by molar-refractivity contribution is -0.137. The molecule has 0 aliphatic carbocycles. The molecule has 3 heterocycles. The molecule has 0 spiro atoms. The van der Waals surface area contributed by atoms with Gasteiger partial charge in [-0.25, -0.2) is 0 Å². The van der Waals surface area contributed by atoms with E-state index < -0.39 is 17.2 Å². The van der Waals surface area contributed by atoms with E-state index in [1.807, 2.05) is 13.8 Å². The first-order valence-electron chi connectivity index (χ1n) is 9.26. The van der Waals surface area contributed by atoms with Crippen LogP contribution in [0.25, 0.3) is 10.9 Å². The molecule has 1 aromatic carbocycles. The van der Waals surface area contributed by atoms with Crippen LogP contribution in [0.4, 0.5) is 13.2 Å². The normalized spacial score (nSPS) is 19.8.